The summed E-state index contributed by atoms with van der Waals surface area (Å²) < 4.78 is 44.3. The van der Waals surface area contributed by atoms with E-state index < -0.39 is 39.4 Å². The van der Waals surface area contributed by atoms with E-state index in [9.17, 15) is 27.2 Å². The number of sulfone groups is 1. The third-order valence-electron chi connectivity index (χ3n) is 7.41. The van der Waals surface area contributed by atoms with E-state index in [-0.39, 0.29) is 64.1 Å². The second-order valence-corrected chi connectivity index (χ2v) is 13.7. The van der Waals surface area contributed by atoms with Gasteiger partial charge >= 0.3 is 0 Å². The monoisotopic (exact) mass is 630 g/mol. The van der Waals surface area contributed by atoms with Crippen LogP contribution in [0.3, 0.4) is 0 Å². The van der Waals surface area contributed by atoms with Crippen LogP contribution in [0, 0.1) is 11.7 Å². The molecule has 1 atom stereocenters. The Morgan fingerprint density at radius 2 is 1.90 bits per heavy atom. The van der Waals surface area contributed by atoms with Crippen LogP contribution in [0.25, 0.3) is 10.1 Å². The molecule has 15 heteroatoms. The minimum absolute atomic E-state index is 0.0173. The van der Waals surface area contributed by atoms with Crippen molar-refractivity contribution < 1.29 is 27.2 Å². The maximum Gasteiger partial charge on any atom is 0.287 e. The number of hydrogen-bond donors (Lipinski definition) is 3. The van der Waals surface area contributed by atoms with Crippen molar-refractivity contribution in [3.63, 3.8) is 0 Å². The van der Waals surface area contributed by atoms with Crippen LogP contribution in [-0.2, 0) is 21.2 Å². The highest BCUT2D eigenvalue weighted by Gasteiger charge is 2.36. The van der Waals surface area contributed by atoms with Gasteiger partial charge in [-0.25, -0.2) is 17.8 Å². The molecule has 0 bridgehead atoms. The summed E-state index contributed by atoms with van der Waals surface area (Å²) in [6, 6.07) is 9.89. The largest absolute Gasteiger partial charge is 0.349 e. The lowest BCUT2D eigenvalue weighted by Crippen LogP contribution is -2.41. The van der Waals surface area contributed by atoms with Gasteiger partial charge in [-0.2, -0.15) is 4.37 Å². The Bertz CT molecular complexity index is 1840. The first-order chi connectivity index (χ1) is 20.1. The third-order valence-corrected chi connectivity index (χ3v) is 10.3. The first-order valence-corrected chi connectivity index (χ1v) is 16.1. The number of carbonyl (C=O) groups excluding carboxylic acids is 3. The highest BCUT2D eigenvalue weighted by Crippen LogP contribution is 2.36. The molecule has 2 aromatic heterocycles. The second kappa shape index (κ2) is 11.1. The van der Waals surface area contributed by atoms with Gasteiger partial charge in [0.15, 0.2) is 5.82 Å². The number of hydrogen-bond acceptors (Lipinski definition) is 8. The average Bonchev–Trinajstić information content (AvgIpc) is 3.55. The zero-order valence-corrected chi connectivity index (χ0v) is 24.3. The number of fused-ring (bicyclic) bond motifs is 2. The maximum atomic E-state index is 14.3. The Kier molecular flexibility index (Phi) is 7.45. The Morgan fingerprint density at radius 1 is 1.14 bits per heavy atom. The first kappa shape index (κ1) is 28.2. The van der Waals surface area contributed by atoms with Gasteiger partial charge < -0.3 is 20.5 Å². The molecule has 1 saturated heterocycles. The van der Waals surface area contributed by atoms with Crippen LogP contribution in [0.4, 0.5) is 10.2 Å². The van der Waals surface area contributed by atoms with E-state index in [1.54, 1.807) is 12.1 Å². The molecular formula is C27H24ClFN6O5S2. The Morgan fingerprint density at radius 3 is 2.69 bits per heavy atom. The number of amides is 3. The molecule has 4 aromatic rings. The fourth-order valence-electron chi connectivity index (χ4n) is 5.24. The van der Waals surface area contributed by atoms with Crippen LogP contribution in [0.1, 0.15) is 51.2 Å². The van der Waals surface area contributed by atoms with E-state index in [2.05, 4.69) is 25.3 Å². The topological polar surface area (TPSA) is 152 Å². The molecule has 0 aliphatic carbocycles. The van der Waals surface area contributed by atoms with Crippen molar-refractivity contribution >= 4 is 66.6 Å². The Balaban J connectivity index is 1.37. The summed E-state index contributed by atoms with van der Waals surface area (Å²) in [4.78, 5) is 44.1. The first-order valence-electron chi connectivity index (χ1n) is 13.1. The summed E-state index contributed by atoms with van der Waals surface area (Å²) >= 11 is 7.57. The molecule has 0 radical (unpaired) electrons. The lowest BCUT2D eigenvalue weighted by Gasteiger charge is -2.28. The normalized spacial score (nSPS) is 18.3. The maximum absolute atomic E-state index is 14.3. The van der Waals surface area contributed by atoms with Crippen molar-refractivity contribution in [1.82, 2.24) is 24.6 Å². The van der Waals surface area contributed by atoms with Crippen molar-refractivity contribution in [3.05, 3.63) is 76.1 Å². The number of benzene rings is 2. The van der Waals surface area contributed by atoms with Crippen LogP contribution < -0.4 is 16.0 Å². The average molecular weight is 631 g/mol. The zero-order chi connectivity index (χ0) is 29.6. The molecule has 42 heavy (non-hydrogen) atoms. The molecule has 4 heterocycles. The molecule has 2 aliphatic heterocycles. The van der Waals surface area contributed by atoms with Gasteiger partial charge in [-0.1, -0.05) is 29.8 Å². The van der Waals surface area contributed by atoms with E-state index >= 15 is 0 Å². The lowest BCUT2D eigenvalue weighted by atomic mass is 10.0. The number of nitrogens with zero attached hydrogens (tertiary/aromatic N) is 3. The van der Waals surface area contributed by atoms with Crippen molar-refractivity contribution in [3.8, 4) is 0 Å². The van der Waals surface area contributed by atoms with Gasteiger partial charge in [0.25, 0.3) is 11.8 Å². The summed E-state index contributed by atoms with van der Waals surface area (Å²) in [7, 11) is -3.06. The number of nitrogens with one attached hydrogen (secondary N) is 3. The summed E-state index contributed by atoms with van der Waals surface area (Å²) in [5, 5.41) is 9.11. The number of imidazole rings is 1. The predicted molar refractivity (Wildman–Crippen MR) is 155 cm³/mol. The Labute approximate surface area is 248 Å². The SMILES string of the molecule is O=C1Cn2c(C(=O)NCC3CCS(=O)(=O)CC3)nc(NC(=O)c3nsc4ccccc34)c2[C@H](c2cc(F)ccc2Cl)N1. The molecular weight excluding hydrogens is 607 g/mol. The van der Waals surface area contributed by atoms with Gasteiger partial charge in [-0.3, -0.25) is 14.4 Å². The van der Waals surface area contributed by atoms with Crippen LogP contribution in [-0.4, -0.2) is 58.1 Å². The predicted octanol–water partition coefficient (Wildman–Crippen LogP) is 3.31. The summed E-state index contributed by atoms with van der Waals surface area (Å²) in [5.74, 6) is -2.32. The van der Waals surface area contributed by atoms with Crippen molar-refractivity contribution in [1.29, 1.82) is 0 Å². The van der Waals surface area contributed by atoms with Gasteiger partial charge in [0.05, 0.1) is 27.9 Å². The van der Waals surface area contributed by atoms with Crippen LogP contribution in [0.15, 0.2) is 42.5 Å². The van der Waals surface area contributed by atoms with Crippen molar-refractivity contribution in [2.24, 2.45) is 5.92 Å². The molecule has 3 N–H and O–H groups in total. The minimum atomic E-state index is -3.06. The van der Waals surface area contributed by atoms with Gasteiger partial charge in [0.2, 0.25) is 11.7 Å². The Hall–Kier alpha value is -3.88. The van der Waals surface area contributed by atoms with E-state index in [1.807, 2.05) is 12.1 Å². The summed E-state index contributed by atoms with van der Waals surface area (Å²) in [6.07, 6.45) is 0.849. The number of aromatic nitrogens is 3. The molecule has 0 saturated carbocycles. The summed E-state index contributed by atoms with van der Waals surface area (Å²) in [6.45, 7) is -0.0693. The molecule has 1 fully saturated rings. The second-order valence-electron chi connectivity index (χ2n) is 10.2. The number of rotatable bonds is 6. The van der Waals surface area contributed by atoms with Crippen molar-refractivity contribution in [2.75, 3.05) is 23.4 Å². The van der Waals surface area contributed by atoms with Crippen LogP contribution >= 0.6 is 23.1 Å². The number of halogens is 2. The van der Waals surface area contributed by atoms with Crippen molar-refractivity contribution in [2.45, 2.75) is 25.4 Å². The summed E-state index contributed by atoms with van der Waals surface area (Å²) in [5.41, 5.74) is 0.621. The number of anilines is 1. The molecule has 6 rings (SSSR count). The van der Waals surface area contributed by atoms with Gasteiger partial charge in [-0.05, 0) is 54.6 Å². The molecule has 11 nitrogen and oxygen atoms in total. The highest BCUT2D eigenvalue weighted by molar-refractivity contribution is 7.91. The fraction of sp³-hybridized carbons (Fsp3) is 0.296. The molecule has 2 aromatic carbocycles. The molecule has 0 spiro atoms. The van der Waals surface area contributed by atoms with E-state index in [1.165, 1.54) is 22.8 Å². The smallest absolute Gasteiger partial charge is 0.287 e. The number of carbonyl (C=O) groups is 3. The van der Waals surface area contributed by atoms with E-state index in [0.29, 0.717) is 18.2 Å². The zero-order valence-electron chi connectivity index (χ0n) is 21.9. The third kappa shape index (κ3) is 5.49. The quantitative estimate of drug-likeness (QED) is 0.296. The van der Waals surface area contributed by atoms with Gasteiger partial charge in [0.1, 0.15) is 27.9 Å². The lowest BCUT2D eigenvalue weighted by molar-refractivity contribution is -0.123. The molecule has 0 unspecified atom stereocenters. The van der Waals surface area contributed by atoms with Gasteiger partial charge in [-0.15, -0.1) is 0 Å². The fourth-order valence-corrected chi connectivity index (χ4v) is 7.83. The van der Waals surface area contributed by atoms with Crippen LogP contribution in [0.5, 0.6) is 0 Å². The standard InChI is InChI=1S/C27H24ClFN6O5S2/c28-18-6-5-15(29)11-17(18)21-23-24(33-26(37)22-16-3-1-2-4-19(16)41-34-22)32-25(35(23)13-20(36)31-21)27(38)30-12-14-7-9-42(39,40)10-8-14/h1-6,11,14,21H,7-10,12-13H2,(H,30,38)(H,31,36)(H,33,37)/t21-/m0/s1. The minimum Gasteiger partial charge on any atom is -0.349 e. The molecule has 218 valence electrons. The van der Waals surface area contributed by atoms with Crippen LogP contribution in [0.2, 0.25) is 5.02 Å². The van der Waals surface area contributed by atoms with E-state index in [4.69, 9.17) is 11.6 Å². The highest BCUT2D eigenvalue weighted by atomic mass is 35.5. The van der Waals surface area contributed by atoms with E-state index in [0.717, 1.165) is 16.2 Å². The molecule has 3 amide bonds. The van der Waals surface area contributed by atoms with Gasteiger partial charge in [0, 0.05) is 22.5 Å². The molecule has 2 aliphatic rings.